The highest BCUT2D eigenvalue weighted by molar-refractivity contribution is 6.05. The zero-order valence-electron chi connectivity index (χ0n) is 11.6. The molecule has 0 aromatic rings. The minimum absolute atomic E-state index is 0.207. The Morgan fingerprint density at radius 1 is 0.882 bits per heavy atom. The molecule has 0 aliphatic carbocycles. The lowest BCUT2D eigenvalue weighted by molar-refractivity contribution is 0.101. The van der Waals surface area contributed by atoms with Crippen LogP contribution in [0.3, 0.4) is 0 Å². The van der Waals surface area contributed by atoms with Gasteiger partial charge in [-0.25, -0.2) is 0 Å². The molecule has 2 aliphatic heterocycles. The van der Waals surface area contributed by atoms with E-state index < -0.39 is 0 Å². The van der Waals surface area contributed by atoms with Gasteiger partial charge >= 0.3 is 0 Å². The summed E-state index contributed by atoms with van der Waals surface area (Å²) in [5, 5.41) is 0. The molecular weight excluding hydrogens is 216 g/mol. The first-order chi connectivity index (χ1) is 7.62. The summed E-state index contributed by atoms with van der Waals surface area (Å²) in [7, 11) is 0. The van der Waals surface area contributed by atoms with Crippen molar-refractivity contribution >= 4 is 11.8 Å². The monoisotopic (exact) mass is 238 g/mol. The van der Waals surface area contributed by atoms with E-state index in [4.69, 9.17) is 9.47 Å². The van der Waals surface area contributed by atoms with Crippen molar-refractivity contribution in [2.45, 2.75) is 52.7 Å². The first-order valence-corrected chi connectivity index (χ1v) is 6.10. The van der Waals surface area contributed by atoms with Gasteiger partial charge < -0.3 is 9.47 Å². The Kier molecular flexibility index (Phi) is 2.53. The lowest BCUT2D eigenvalue weighted by Gasteiger charge is -2.29. The van der Waals surface area contributed by atoms with Crippen LogP contribution in [-0.4, -0.2) is 36.1 Å². The fraction of sp³-hybridized carbons (Fsp3) is 0.846. The summed E-state index contributed by atoms with van der Waals surface area (Å²) in [6, 6.07) is 0. The summed E-state index contributed by atoms with van der Waals surface area (Å²) in [4.78, 5) is 8.97. The predicted octanol–water partition coefficient (Wildman–Crippen LogP) is 2.43. The van der Waals surface area contributed by atoms with E-state index >= 15 is 0 Å². The van der Waals surface area contributed by atoms with Crippen LogP contribution in [-0.2, 0) is 9.47 Å². The lowest BCUT2D eigenvalue weighted by atomic mass is 9.93. The van der Waals surface area contributed by atoms with Gasteiger partial charge in [-0.3, -0.25) is 9.98 Å². The molecule has 0 unspecified atom stereocenters. The van der Waals surface area contributed by atoms with Crippen LogP contribution in [0.25, 0.3) is 0 Å². The Morgan fingerprint density at radius 3 is 1.47 bits per heavy atom. The van der Waals surface area contributed by atoms with Gasteiger partial charge in [0.1, 0.15) is 16.6 Å². The topological polar surface area (TPSA) is 43.2 Å². The molecule has 0 amide bonds. The van der Waals surface area contributed by atoms with Crippen molar-refractivity contribution in [1.29, 1.82) is 0 Å². The second-order valence-corrected chi connectivity index (χ2v) is 6.59. The van der Waals surface area contributed by atoms with E-state index in [1.807, 2.05) is 41.5 Å². The Labute approximate surface area is 103 Å². The summed E-state index contributed by atoms with van der Waals surface area (Å²) in [5.41, 5.74) is -0.788. The van der Waals surface area contributed by atoms with E-state index in [2.05, 4.69) is 9.98 Å². The zero-order valence-corrected chi connectivity index (χ0v) is 11.6. The number of rotatable bonds is 2. The van der Waals surface area contributed by atoms with E-state index in [0.29, 0.717) is 13.1 Å². The summed E-state index contributed by atoms with van der Waals surface area (Å²) in [6.07, 6.45) is 0. The summed E-state index contributed by atoms with van der Waals surface area (Å²) in [5.74, 6) is 1.47. The average molecular weight is 238 g/mol. The van der Waals surface area contributed by atoms with Gasteiger partial charge in [0.05, 0.1) is 13.1 Å². The molecular formula is C13H22N2O2. The van der Waals surface area contributed by atoms with Crippen LogP contribution < -0.4 is 0 Å². The first kappa shape index (κ1) is 12.4. The second kappa shape index (κ2) is 3.47. The van der Waals surface area contributed by atoms with Gasteiger partial charge in [-0.15, -0.1) is 0 Å². The lowest BCUT2D eigenvalue weighted by Crippen LogP contribution is -2.39. The van der Waals surface area contributed by atoms with E-state index in [1.165, 1.54) is 0 Å². The Morgan fingerprint density at radius 2 is 1.24 bits per heavy atom. The quantitative estimate of drug-likeness (QED) is 0.741. The van der Waals surface area contributed by atoms with Crippen LogP contribution in [0.4, 0.5) is 0 Å². The van der Waals surface area contributed by atoms with Crippen LogP contribution in [0.5, 0.6) is 0 Å². The minimum Gasteiger partial charge on any atom is -0.472 e. The second-order valence-electron chi connectivity index (χ2n) is 6.59. The zero-order chi connectivity index (χ0) is 12.9. The standard InChI is InChI=1S/C13H22N2O2/c1-11(2)7-14-9(16-11)13(5,6)10-15-8-12(3,4)17-10/h7-8H2,1-6H3. The summed E-state index contributed by atoms with van der Waals surface area (Å²) < 4.78 is 11.8. The van der Waals surface area contributed by atoms with Crippen LogP contribution in [0.1, 0.15) is 41.5 Å². The van der Waals surface area contributed by atoms with Crippen molar-refractivity contribution in [3.05, 3.63) is 0 Å². The van der Waals surface area contributed by atoms with E-state index in [-0.39, 0.29) is 16.6 Å². The van der Waals surface area contributed by atoms with Crippen molar-refractivity contribution in [2.75, 3.05) is 13.1 Å². The molecule has 0 saturated heterocycles. The first-order valence-electron chi connectivity index (χ1n) is 6.10. The molecule has 0 radical (unpaired) electrons. The van der Waals surface area contributed by atoms with Crippen LogP contribution in [0.15, 0.2) is 9.98 Å². The number of nitrogens with zero attached hydrogens (tertiary/aromatic N) is 2. The highest BCUT2D eigenvalue weighted by atomic mass is 16.5. The molecule has 17 heavy (non-hydrogen) atoms. The highest BCUT2D eigenvalue weighted by Crippen LogP contribution is 2.33. The van der Waals surface area contributed by atoms with Gasteiger partial charge in [0.25, 0.3) is 0 Å². The largest absolute Gasteiger partial charge is 0.472 e. The van der Waals surface area contributed by atoms with Crippen molar-refractivity contribution in [2.24, 2.45) is 15.4 Å². The highest BCUT2D eigenvalue weighted by Gasteiger charge is 2.45. The maximum atomic E-state index is 5.88. The van der Waals surface area contributed by atoms with E-state index in [0.717, 1.165) is 11.8 Å². The number of hydrogen-bond acceptors (Lipinski definition) is 4. The van der Waals surface area contributed by atoms with Crippen molar-refractivity contribution in [3.63, 3.8) is 0 Å². The maximum Gasteiger partial charge on any atom is 0.199 e. The fourth-order valence-corrected chi connectivity index (χ4v) is 1.92. The number of hydrogen-bond donors (Lipinski definition) is 0. The summed E-state index contributed by atoms with van der Waals surface area (Å²) >= 11 is 0. The molecule has 2 aliphatic rings. The third-order valence-corrected chi connectivity index (χ3v) is 3.02. The van der Waals surface area contributed by atoms with Crippen molar-refractivity contribution in [3.8, 4) is 0 Å². The third kappa shape index (κ3) is 2.31. The molecule has 0 N–H and O–H groups in total. The average Bonchev–Trinajstić information content (AvgIpc) is 2.69. The SMILES string of the molecule is CC1(C)CN=C(C(C)(C)C2=NCC(C)(C)O2)O1. The molecule has 2 heterocycles. The van der Waals surface area contributed by atoms with Crippen LogP contribution in [0.2, 0.25) is 0 Å². The van der Waals surface area contributed by atoms with Gasteiger partial charge in [-0.2, -0.15) is 0 Å². The third-order valence-electron chi connectivity index (χ3n) is 3.02. The summed E-state index contributed by atoms with van der Waals surface area (Å²) in [6.45, 7) is 13.7. The van der Waals surface area contributed by atoms with Gasteiger partial charge in [0.15, 0.2) is 11.8 Å². The van der Waals surface area contributed by atoms with Crippen molar-refractivity contribution < 1.29 is 9.47 Å². The Hall–Kier alpha value is -1.06. The van der Waals surface area contributed by atoms with Gasteiger partial charge in [-0.05, 0) is 41.5 Å². The number of aliphatic imine (C=N–C) groups is 2. The van der Waals surface area contributed by atoms with Crippen molar-refractivity contribution in [1.82, 2.24) is 0 Å². The molecule has 0 atom stereocenters. The Bertz CT molecular complexity index is 356. The normalized spacial score (nSPS) is 26.0. The van der Waals surface area contributed by atoms with Gasteiger partial charge in [0, 0.05) is 0 Å². The molecule has 2 rings (SSSR count). The number of ether oxygens (including phenoxy) is 2. The molecule has 96 valence electrons. The smallest absolute Gasteiger partial charge is 0.199 e. The molecule has 4 heteroatoms. The fourth-order valence-electron chi connectivity index (χ4n) is 1.92. The predicted molar refractivity (Wildman–Crippen MR) is 68.7 cm³/mol. The Balaban J connectivity index is 2.16. The van der Waals surface area contributed by atoms with Gasteiger partial charge in [-0.1, -0.05) is 0 Å². The molecule has 0 aromatic carbocycles. The van der Waals surface area contributed by atoms with Crippen LogP contribution >= 0.6 is 0 Å². The molecule has 4 nitrogen and oxygen atoms in total. The van der Waals surface area contributed by atoms with E-state index in [9.17, 15) is 0 Å². The molecule has 0 spiro atoms. The molecule has 0 bridgehead atoms. The van der Waals surface area contributed by atoms with Gasteiger partial charge in [0.2, 0.25) is 0 Å². The maximum absolute atomic E-state index is 5.88. The van der Waals surface area contributed by atoms with E-state index in [1.54, 1.807) is 0 Å². The minimum atomic E-state index is -0.373. The molecule has 0 fully saturated rings. The van der Waals surface area contributed by atoms with Crippen LogP contribution in [0, 0.1) is 5.41 Å². The molecule has 0 aromatic heterocycles. The molecule has 0 saturated carbocycles.